The molecular formula is C11H10INO4. The number of hydrogen-bond acceptors (Lipinski definition) is 4. The second-order valence-corrected chi connectivity index (χ2v) is 4.43. The Hall–Kier alpha value is -1.28. The van der Waals surface area contributed by atoms with Crippen LogP contribution in [0.3, 0.4) is 0 Å². The van der Waals surface area contributed by atoms with Crippen molar-refractivity contribution in [3.63, 3.8) is 0 Å². The third-order valence-electron chi connectivity index (χ3n) is 2.17. The Labute approximate surface area is 111 Å². The normalized spacial score (nSPS) is 11.9. The van der Waals surface area contributed by atoms with Crippen molar-refractivity contribution in [1.82, 2.24) is 0 Å². The number of rotatable bonds is 5. The van der Waals surface area contributed by atoms with Gasteiger partial charge in [0.05, 0.1) is 0 Å². The van der Waals surface area contributed by atoms with E-state index in [2.05, 4.69) is 0 Å². The maximum Gasteiger partial charge on any atom is 0.320 e. The van der Waals surface area contributed by atoms with Crippen molar-refractivity contribution in [2.24, 2.45) is 5.73 Å². The Bertz CT molecular complexity index is 455. The molecule has 0 saturated heterocycles. The van der Waals surface area contributed by atoms with Crippen LogP contribution in [0.5, 0.6) is 0 Å². The number of benzene rings is 1. The molecule has 0 spiro atoms. The zero-order valence-electron chi connectivity index (χ0n) is 8.72. The number of ketones is 1. The van der Waals surface area contributed by atoms with Crippen LogP contribution in [0.15, 0.2) is 24.3 Å². The fourth-order valence-electron chi connectivity index (χ4n) is 1.25. The van der Waals surface area contributed by atoms with Gasteiger partial charge in [0.15, 0.2) is 0 Å². The first-order valence-corrected chi connectivity index (χ1v) is 5.81. The van der Waals surface area contributed by atoms with Crippen molar-refractivity contribution in [2.45, 2.75) is 12.5 Å². The molecule has 0 aliphatic heterocycles. The van der Waals surface area contributed by atoms with Gasteiger partial charge < -0.3 is 10.8 Å². The first-order valence-electron chi connectivity index (χ1n) is 4.73. The molecule has 0 aliphatic rings. The van der Waals surface area contributed by atoms with Gasteiger partial charge in [-0.2, -0.15) is 0 Å². The predicted molar refractivity (Wildman–Crippen MR) is 69.1 cm³/mol. The van der Waals surface area contributed by atoms with Gasteiger partial charge in [-0.3, -0.25) is 14.4 Å². The average molecular weight is 347 g/mol. The largest absolute Gasteiger partial charge is 0.480 e. The van der Waals surface area contributed by atoms with E-state index in [1.165, 1.54) is 34.7 Å². The Kier molecular flexibility index (Phi) is 4.76. The molecule has 0 bridgehead atoms. The van der Waals surface area contributed by atoms with Gasteiger partial charge in [-0.25, -0.2) is 0 Å². The zero-order chi connectivity index (χ0) is 13.0. The van der Waals surface area contributed by atoms with Crippen LogP contribution in [0.2, 0.25) is 0 Å². The van der Waals surface area contributed by atoms with Gasteiger partial charge in [0.2, 0.25) is 5.78 Å². The maximum absolute atomic E-state index is 11.3. The molecule has 5 nitrogen and oxygen atoms in total. The Morgan fingerprint density at radius 2 is 1.76 bits per heavy atom. The third-order valence-corrected chi connectivity index (χ3v) is 2.66. The topological polar surface area (TPSA) is 97.5 Å². The minimum atomic E-state index is -1.08. The summed E-state index contributed by atoms with van der Waals surface area (Å²) in [5.41, 5.74) is 6.37. The van der Waals surface area contributed by atoms with Crippen molar-refractivity contribution in [3.05, 3.63) is 35.4 Å². The summed E-state index contributed by atoms with van der Waals surface area (Å²) in [6, 6.07) is 5.19. The summed E-state index contributed by atoms with van der Waals surface area (Å²) in [6.07, 6.45) is 0.183. The van der Waals surface area contributed by atoms with E-state index in [-0.39, 0.29) is 12.0 Å². The number of nitrogens with two attached hydrogens (primary N) is 1. The quantitative estimate of drug-likeness (QED) is 0.355. The Morgan fingerprint density at radius 1 is 1.24 bits per heavy atom. The first kappa shape index (κ1) is 13.8. The number of carbonyl (C=O) groups excluding carboxylic acids is 2. The highest BCUT2D eigenvalue weighted by Gasteiger charge is 2.14. The van der Waals surface area contributed by atoms with Crippen LogP contribution in [-0.4, -0.2) is 26.7 Å². The lowest BCUT2D eigenvalue weighted by Crippen LogP contribution is -2.32. The second-order valence-electron chi connectivity index (χ2n) is 3.45. The van der Waals surface area contributed by atoms with Crippen molar-refractivity contribution in [2.75, 3.05) is 0 Å². The summed E-state index contributed by atoms with van der Waals surface area (Å²) in [7, 11) is 0. The smallest absolute Gasteiger partial charge is 0.320 e. The van der Waals surface area contributed by atoms with Gasteiger partial charge in [0.1, 0.15) is 6.04 Å². The van der Waals surface area contributed by atoms with Gasteiger partial charge in [-0.1, -0.05) is 24.3 Å². The molecule has 0 fully saturated rings. The molecule has 1 atom stereocenters. The summed E-state index contributed by atoms with van der Waals surface area (Å²) >= 11 is 1.42. The highest BCUT2D eigenvalue weighted by molar-refractivity contribution is 14.1. The van der Waals surface area contributed by atoms with E-state index < -0.39 is 21.6 Å². The third kappa shape index (κ3) is 3.90. The molecule has 1 rings (SSSR count). The Balaban J connectivity index is 2.78. The minimum absolute atomic E-state index is 0.183. The standard InChI is InChI=1S/C11H10INO4/c12-10(15)9(14)7-3-1-6(2-4-7)5-8(13)11(16)17/h1-4,8H,5,13H2,(H,16,17). The lowest BCUT2D eigenvalue weighted by atomic mass is 10.0. The molecule has 17 heavy (non-hydrogen) atoms. The molecule has 0 heterocycles. The van der Waals surface area contributed by atoms with Crippen LogP contribution < -0.4 is 5.73 Å². The van der Waals surface area contributed by atoms with Crippen molar-refractivity contribution in [3.8, 4) is 0 Å². The van der Waals surface area contributed by atoms with E-state index in [9.17, 15) is 14.4 Å². The first-order chi connectivity index (χ1) is 7.91. The number of aliphatic carboxylic acids is 1. The van der Waals surface area contributed by atoms with E-state index >= 15 is 0 Å². The second kappa shape index (κ2) is 5.87. The number of carboxylic acids is 1. The highest BCUT2D eigenvalue weighted by atomic mass is 127. The molecule has 0 saturated carbocycles. The summed E-state index contributed by atoms with van der Waals surface area (Å²) in [4.78, 5) is 32.7. The van der Waals surface area contributed by atoms with Crippen molar-refractivity contribution < 1.29 is 19.5 Å². The molecule has 0 aliphatic carbocycles. The number of Topliss-reactive ketones (excluding diaryl/α,β-unsaturated/α-hetero) is 1. The maximum atomic E-state index is 11.3. The van der Waals surface area contributed by atoms with E-state index in [1.807, 2.05) is 0 Å². The number of halogens is 1. The summed E-state index contributed by atoms with van der Waals surface area (Å²) in [5, 5.41) is 8.63. The molecule has 1 aromatic rings. The van der Waals surface area contributed by atoms with E-state index in [0.29, 0.717) is 5.56 Å². The fourth-order valence-corrected chi connectivity index (χ4v) is 1.56. The lowest BCUT2D eigenvalue weighted by Gasteiger charge is -2.06. The van der Waals surface area contributed by atoms with E-state index in [1.54, 1.807) is 12.1 Å². The summed E-state index contributed by atoms with van der Waals surface area (Å²) < 4.78 is -0.558. The van der Waals surface area contributed by atoms with Gasteiger partial charge in [0.25, 0.3) is 3.79 Å². The average Bonchev–Trinajstić information content (AvgIpc) is 2.28. The van der Waals surface area contributed by atoms with Gasteiger partial charge in [-0.15, -0.1) is 0 Å². The lowest BCUT2D eigenvalue weighted by molar-refractivity contribution is -0.138. The van der Waals surface area contributed by atoms with Crippen LogP contribution in [0.4, 0.5) is 0 Å². The van der Waals surface area contributed by atoms with E-state index in [0.717, 1.165) is 0 Å². The zero-order valence-corrected chi connectivity index (χ0v) is 10.9. The predicted octanol–water partition coefficient (Wildman–Crippen LogP) is 0.785. The molecule has 90 valence electrons. The van der Waals surface area contributed by atoms with Gasteiger partial charge >= 0.3 is 5.97 Å². The highest BCUT2D eigenvalue weighted by Crippen LogP contribution is 2.09. The minimum Gasteiger partial charge on any atom is -0.480 e. The number of carbonyl (C=O) groups is 3. The Morgan fingerprint density at radius 3 is 2.18 bits per heavy atom. The molecule has 3 N–H and O–H groups in total. The number of carboxylic acid groups (broad SMARTS) is 1. The van der Waals surface area contributed by atoms with Crippen LogP contribution in [0.25, 0.3) is 0 Å². The monoisotopic (exact) mass is 347 g/mol. The number of hydrogen-bond donors (Lipinski definition) is 2. The molecule has 0 radical (unpaired) electrons. The molecule has 1 unspecified atom stereocenters. The fraction of sp³-hybridized carbons (Fsp3) is 0.182. The SMILES string of the molecule is NC(Cc1ccc(C(=O)C(=O)I)cc1)C(=O)O. The van der Waals surface area contributed by atoms with Gasteiger partial charge in [-0.05, 0) is 12.0 Å². The summed E-state index contributed by atoms with van der Waals surface area (Å²) in [5.74, 6) is -1.65. The molecule has 0 amide bonds. The van der Waals surface area contributed by atoms with Crippen LogP contribution >= 0.6 is 22.6 Å². The molecule has 0 aromatic heterocycles. The molecular weight excluding hydrogens is 337 g/mol. The van der Waals surface area contributed by atoms with Crippen LogP contribution in [-0.2, 0) is 16.0 Å². The van der Waals surface area contributed by atoms with Crippen LogP contribution in [0, 0.1) is 0 Å². The van der Waals surface area contributed by atoms with Crippen LogP contribution in [0.1, 0.15) is 15.9 Å². The van der Waals surface area contributed by atoms with Crippen molar-refractivity contribution >= 4 is 38.1 Å². The van der Waals surface area contributed by atoms with Crippen molar-refractivity contribution in [1.29, 1.82) is 0 Å². The molecule has 1 aromatic carbocycles. The molecule has 6 heteroatoms. The van der Waals surface area contributed by atoms with Gasteiger partial charge in [0, 0.05) is 28.2 Å². The summed E-state index contributed by atoms with van der Waals surface area (Å²) in [6.45, 7) is 0. The van der Waals surface area contributed by atoms with E-state index in [4.69, 9.17) is 10.8 Å².